The van der Waals surface area contributed by atoms with Crippen LogP contribution >= 0.6 is 11.6 Å². The van der Waals surface area contributed by atoms with Crippen LogP contribution in [0.1, 0.15) is 24.4 Å². The number of likely N-dealkylation sites (tertiary alicyclic amines) is 1. The van der Waals surface area contributed by atoms with E-state index in [2.05, 4.69) is 16.2 Å². The van der Waals surface area contributed by atoms with E-state index in [9.17, 15) is 9.90 Å². The first-order chi connectivity index (χ1) is 11.6. The smallest absolute Gasteiger partial charge is 0.234 e. The molecule has 4 N–H and O–H groups in total. The summed E-state index contributed by atoms with van der Waals surface area (Å²) in [7, 11) is 0. The van der Waals surface area contributed by atoms with Gasteiger partial charge in [0.05, 0.1) is 18.7 Å². The van der Waals surface area contributed by atoms with Gasteiger partial charge in [-0.3, -0.25) is 15.1 Å². The number of β-amino-alcohol motifs (C(OH)–C–C–N with tert-alkyl or cyclic N) is 1. The van der Waals surface area contributed by atoms with Crippen LogP contribution < -0.4 is 16.2 Å². The molecule has 132 valence electrons. The molecule has 2 aliphatic rings. The normalized spacial score (nSPS) is 28.0. The number of carbonyl (C=O) groups is 1. The van der Waals surface area contributed by atoms with Crippen molar-refractivity contribution in [3.63, 3.8) is 0 Å². The molecule has 7 heteroatoms. The number of halogens is 1. The molecule has 24 heavy (non-hydrogen) atoms. The number of nitrogens with zero attached hydrogens (tertiary/aromatic N) is 1. The number of amides is 1. The first kappa shape index (κ1) is 17.6. The second-order valence-corrected chi connectivity index (χ2v) is 7.09. The Hall–Kier alpha value is -1.18. The monoisotopic (exact) mass is 352 g/mol. The Bertz CT molecular complexity index is 554. The van der Waals surface area contributed by atoms with E-state index in [4.69, 9.17) is 11.6 Å². The summed E-state index contributed by atoms with van der Waals surface area (Å²) in [6.45, 7) is 3.24. The highest BCUT2D eigenvalue weighted by atomic mass is 35.5. The third-order valence-electron chi connectivity index (χ3n) is 4.73. The highest BCUT2D eigenvalue weighted by Gasteiger charge is 2.28. The number of aliphatic hydroxyl groups excluding tert-OH is 1. The van der Waals surface area contributed by atoms with Gasteiger partial charge >= 0.3 is 0 Å². The zero-order chi connectivity index (χ0) is 16.9. The lowest BCUT2D eigenvalue weighted by Crippen LogP contribution is -2.45. The van der Waals surface area contributed by atoms with Gasteiger partial charge in [0.25, 0.3) is 0 Å². The lowest BCUT2D eigenvalue weighted by Gasteiger charge is -2.29. The zero-order valence-electron chi connectivity index (χ0n) is 13.7. The van der Waals surface area contributed by atoms with Crippen molar-refractivity contribution in [2.45, 2.75) is 25.0 Å². The number of carbonyl (C=O) groups excluding carboxylic acids is 1. The van der Waals surface area contributed by atoms with Crippen LogP contribution in [0.2, 0.25) is 5.02 Å². The fourth-order valence-corrected chi connectivity index (χ4v) is 3.56. The minimum absolute atomic E-state index is 0.0193. The molecule has 0 saturated carbocycles. The standard InChI is InChI=1S/C17H25ClN4O2/c18-14-5-3-12(4-6-14)17-13(9-20-21-17)8-19-16(24)11-22-7-1-2-15(23)10-22/h3-6,13,15,17,20-21,23H,1-2,7-11H2,(H,19,24). The molecule has 0 radical (unpaired) electrons. The van der Waals surface area contributed by atoms with E-state index in [1.807, 2.05) is 29.2 Å². The van der Waals surface area contributed by atoms with Gasteiger partial charge in [0, 0.05) is 30.6 Å². The van der Waals surface area contributed by atoms with Crippen molar-refractivity contribution in [2.75, 3.05) is 32.7 Å². The van der Waals surface area contributed by atoms with Gasteiger partial charge in [-0.15, -0.1) is 0 Å². The second-order valence-electron chi connectivity index (χ2n) is 6.65. The molecule has 0 aliphatic carbocycles. The van der Waals surface area contributed by atoms with E-state index in [-0.39, 0.29) is 24.0 Å². The molecule has 0 aromatic heterocycles. The molecule has 2 saturated heterocycles. The molecule has 1 amide bonds. The SMILES string of the molecule is O=C(CN1CCCC(O)C1)NCC1CNNC1c1ccc(Cl)cc1. The Morgan fingerprint density at radius 3 is 2.92 bits per heavy atom. The zero-order valence-corrected chi connectivity index (χ0v) is 14.4. The molecule has 2 fully saturated rings. The number of hydrogen-bond acceptors (Lipinski definition) is 5. The topological polar surface area (TPSA) is 76.6 Å². The molecule has 3 atom stereocenters. The summed E-state index contributed by atoms with van der Waals surface area (Å²) in [6, 6.07) is 7.94. The summed E-state index contributed by atoms with van der Waals surface area (Å²) >= 11 is 5.94. The average molecular weight is 353 g/mol. The summed E-state index contributed by atoms with van der Waals surface area (Å²) in [6.07, 6.45) is 1.48. The molecule has 2 heterocycles. The minimum atomic E-state index is -0.302. The highest BCUT2D eigenvalue weighted by molar-refractivity contribution is 6.30. The average Bonchev–Trinajstić information content (AvgIpc) is 3.02. The van der Waals surface area contributed by atoms with Gasteiger partial charge in [0.1, 0.15) is 0 Å². The van der Waals surface area contributed by atoms with E-state index in [0.717, 1.165) is 36.5 Å². The lowest BCUT2D eigenvalue weighted by atomic mass is 9.95. The number of hydrazine groups is 1. The number of benzene rings is 1. The van der Waals surface area contributed by atoms with E-state index in [1.165, 1.54) is 0 Å². The Morgan fingerprint density at radius 1 is 1.38 bits per heavy atom. The first-order valence-electron chi connectivity index (χ1n) is 8.53. The molecule has 1 aromatic rings. The van der Waals surface area contributed by atoms with Crippen LogP contribution in [0.5, 0.6) is 0 Å². The maximum Gasteiger partial charge on any atom is 0.234 e. The molecule has 2 aliphatic heterocycles. The van der Waals surface area contributed by atoms with Gasteiger partial charge in [0.15, 0.2) is 0 Å². The molecule has 0 bridgehead atoms. The van der Waals surface area contributed by atoms with Crippen LogP contribution in [0.15, 0.2) is 24.3 Å². The number of nitrogens with one attached hydrogen (secondary N) is 3. The van der Waals surface area contributed by atoms with Crippen molar-refractivity contribution in [2.24, 2.45) is 5.92 Å². The third-order valence-corrected chi connectivity index (χ3v) is 4.98. The fraction of sp³-hybridized carbons (Fsp3) is 0.588. The van der Waals surface area contributed by atoms with Crippen LogP contribution in [-0.2, 0) is 4.79 Å². The van der Waals surface area contributed by atoms with Crippen molar-refractivity contribution in [3.05, 3.63) is 34.9 Å². The van der Waals surface area contributed by atoms with E-state index < -0.39 is 0 Å². The van der Waals surface area contributed by atoms with Crippen molar-refractivity contribution in [1.82, 2.24) is 21.1 Å². The predicted octanol–water partition coefficient (Wildman–Crippen LogP) is 0.678. The molecular formula is C17H25ClN4O2. The van der Waals surface area contributed by atoms with E-state index in [0.29, 0.717) is 19.6 Å². The van der Waals surface area contributed by atoms with Crippen LogP contribution in [0.3, 0.4) is 0 Å². The van der Waals surface area contributed by atoms with Crippen molar-refractivity contribution in [3.8, 4) is 0 Å². The van der Waals surface area contributed by atoms with E-state index >= 15 is 0 Å². The maximum absolute atomic E-state index is 12.2. The Balaban J connectivity index is 1.48. The predicted molar refractivity (Wildman–Crippen MR) is 93.5 cm³/mol. The van der Waals surface area contributed by atoms with Gasteiger partial charge in [-0.05, 0) is 37.1 Å². The molecule has 6 nitrogen and oxygen atoms in total. The summed E-state index contributed by atoms with van der Waals surface area (Å²) in [5, 5.41) is 13.4. The Morgan fingerprint density at radius 2 is 2.17 bits per heavy atom. The van der Waals surface area contributed by atoms with Crippen molar-refractivity contribution >= 4 is 17.5 Å². The van der Waals surface area contributed by atoms with Crippen molar-refractivity contribution in [1.29, 1.82) is 0 Å². The molecule has 1 aromatic carbocycles. The van der Waals surface area contributed by atoms with Gasteiger partial charge in [-0.2, -0.15) is 0 Å². The third kappa shape index (κ3) is 4.68. The number of hydrogen-bond donors (Lipinski definition) is 4. The van der Waals surface area contributed by atoms with Crippen LogP contribution in [0, 0.1) is 5.92 Å². The first-order valence-corrected chi connectivity index (χ1v) is 8.90. The van der Waals surface area contributed by atoms with Crippen molar-refractivity contribution < 1.29 is 9.90 Å². The Kier molecular flexibility index (Phi) is 6.08. The number of rotatable bonds is 5. The van der Waals surface area contributed by atoms with Crippen LogP contribution in [0.25, 0.3) is 0 Å². The molecule has 3 rings (SSSR count). The highest BCUT2D eigenvalue weighted by Crippen LogP contribution is 2.25. The fourth-order valence-electron chi connectivity index (χ4n) is 3.43. The van der Waals surface area contributed by atoms with Gasteiger partial charge in [0.2, 0.25) is 5.91 Å². The second kappa shape index (κ2) is 8.27. The molecular weight excluding hydrogens is 328 g/mol. The van der Waals surface area contributed by atoms with Gasteiger partial charge < -0.3 is 10.4 Å². The van der Waals surface area contributed by atoms with Crippen LogP contribution in [0.4, 0.5) is 0 Å². The lowest BCUT2D eigenvalue weighted by molar-refractivity contribution is -0.123. The summed E-state index contributed by atoms with van der Waals surface area (Å²) in [5.74, 6) is 0.299. The largest absolute Gasteiger partial charge is 0.392 e. The van der Waals surface area contributed by atoms with Gasteiger partial charge in [-0.25, -0.2) is 5.43 Å². The maximum atomic E-state index is 12.2. The quantitative estimate of drug-likeness (QED) is 0.627. The summed E-state index contributed by atoms with van der Waals surface area (Å²) in [5.41, 5.74) is 7.59. The van der Waals surface area contributed by atoms with Crippen LogP contribution in [-0.4, -0.2) is 54.7 Å². The Labute approximate surface area is 147 Å². The molecule has 0 spiro atoms. The summed E-state index contributed by atoms with van der Waals surface area (Å²) in [4.78, 5) is 14.2. The minimum Gasteiger partial charge on any atom is -0.392 e. The number of aliphatic hydroxyl groups is 1. The summed E-state index contributed by atoms with van der Waals surface area (Å²) < 4.78 is 0. The molecule has 3 unspecified atom stereocenters. The van der Waals surface area contributed by atoms with E-state index in [1.54, 1.807) is 0 Å². The van der Waals surface area contributed by atoms with Gasteiger partial charge in [-0.1, -0.05) is 23.7 Å². The number of piperidine rings is 1.